The minimum Gasteiger partial charge on any atom is -0.358 e. The Morgan fingerprint density at radius 3 is 2.95 bits per heavy atom. The van der Waals surface area contributed by atoms with Crippen LogP contribution in [0.5, 0.6) is 0 Å². The Morgan fingerprint density at radius 1 is 1.42 bits per heavy atom. The zero-order chi connectivity index (χ0) is 13.4. The molecule has 0 spiro atoms. The van der Waals surface area contributed by atoms with Gasteiger partial charge in [0, 0.05) is 10.3 Å². The minimum atomic E-state index is -0.425. The highest BCUT2D eigenvalue weighted by molar-refractivity contribution is 7.99. The molecule has 8 heteroatoms. The lowest BCUT2D eigenvalue weighted by Gasteiger charge is -2.01. The van der Waals surface area contributed by atoms with Gasteiger partial charge in [-0.2, -0.15) is 9.38 Å². The van der Waals surface area contributed by atoms with E-state index in [0.717, 1.165) is 4.90 Å². The number of nitro groups is 1. The zero-order valence-electron chi connectivity index (χ0n) is 9.32. The summed E-state index contributed by atoms with van der Waals surface area (Å²) in [6.07, 6.45) is 1.64. The summed E-state index contributed by atoms with van der Waals surface area (Å²) in [5, 5.41) is 13.8. The lowest BCUT2D eigenvalue weighted by Crippen LogP contribution is -1.93. The van der Waals surface area contributed by atoms with Crippen molar-refractivity contribution in [2.45, 2.75) is 9.92 Å². The Balaban J connectivity index is 2.10. The highest BCUT2D eigenvalue weighted by Crippen LogP contribution is 2.38. The van der Waals surface area contributed by atoms with Gasteiger partial charge in [0.05, 0.1) is 5.02 Å². The van der Waals surface area contributed by atoms with Crippen molar-refractivity contribution >= 4 is 45.5 Å². The summed E-state index contributed by atoms with van der Waals surface area (Å²) in [6.45, 7) is 0. The Morgan fingerprint density at radius 2 is 2.21 bits per heavy atom. The summed E-state index contributed by atoms with van der Waals surface area (Å²) in [4.78, 5) is 16.4. The quantitative estimate of drug-likeness (QED) is 0.539. The van der Waals surface area contributed by atoms with E-state index in [1.165, 1.54) is 27.5 Å². The first kappa shape index (κ1) is 12.5. The van der Waals surface area contributed by atoms with Crippen LogP contribution in [0.1, 0.15) is 0 Å². The van der Waals surface area contributed by atoms with Gasteiger partial charge in [-0.3, -0.25) is 0 Å². The van der Waals surface area contributed by atoms with E-state index in [1.807, 2.05) is 18.2 Å². The van der Waals surface area contributed by atoms with Gasteiger partial charge in [0.25, 0.3) is 4.96 Å². The third-order valence-corrected chi connectivity index (χ3v) is 4.66. The van der Waals surface area contributed by atoms with Crippen LogP contribution in [0.3, 0.4) is 0 Å². The number of nitrogens with zero attached hydrogens (tertiary/aromatic N) is 3. The normalized spacial score (nSPS) is 11.0. The molecule has 0 aliphatic heterocycles. The van der Waals surface area contributed by atoms with E-state index < -0.39 is 4.92 Å². The predicted molar refractivity (Wildman–Crippen MR) is 75.3 cm³/mol. The van der Waals surface area contributed by atoms with Gasteiger partial charge in [0.15, 0.2) is 0 Å². The first-order valence-electron chi connectivity index (χ1n) is 5.19. The van der Waals surface area contributed by atoms with Crippen LogP contribution in [0.2, 0.25) is 5.02 Å². The standard InChI is InChI=1S/C11H6ClN3O2S2/c12-7-3-1-2-4-8(7)19-9-10(15(16)17)14-5-6-18-11(14)13-9/h1-6H. The van der Waals surface area contributed by atoms with Crippen molar-refractivity contribution < 1.29 is 4.92 Å². The van der Waals surface area contributed by atoms with Crippen molar-refractivity contribution in [1.82, 2.24) is 9.38 Å². The fourth-order valence-electron chi connectivity index (χ4n) is 1.62. The topological polar surface area (TPSA) is 60.4 Å². The van der Waals surface area contributed by atoms with E-state index >= 15 is 0 Å². The fraction of sp³-hybridized carbons (Fsp3) is 0. The van der Waals surface area contributed by atoms with Crippen LogP contribution in [-0.2, 0) is 0 Å². The predicted octanol–water partition coefficient (Wildman–Crippen LogP) is 4.11. The summed E-state index contributed by atoms with van der Waals surface area (Å²) in [5.41, 5.74) is 0. The summed E-state index contributed by atoms with van der Waals surface area (Å²) in [6, 6.07) is 7.20. The zero-order valence-corrected chi connectivity index (χ0v) is 11.7. The van der Waals surface area contributed by atoms with Gasteiger partial charge in [-0.05, 0) is 17.1 Å². The Bertz CT molecular complexity index is 768. The van der Waals surface area contributed by atoms with E-state index in [-0.39, 0.29) is 5.82 Å². The molecule has 1 aromatic carbocycles. The molecule has 0 saturated carbocycles. The monoisotopic (exact) mass is 311 g/mol. The van der Waals surface area contributed by atoms with Crippen molar-refractivity contribution in [3.8, 4) is 0 Å². The fourth-order valence-corrected chi connectivity index (χ4v) is 3.56. The molecule has 2 aromatic heterocycles. The molecular formula is C11H6ClN3O2S2. The number of fused-ring (bicyclic) bond motifs is 1. The van der Waals surface area contributed by atoms with Crippen LogP contribution in [0, 0.1) is 10.1 Å². The highest BCUT2D eigenvalue weighted by Gasteiger charge is 2.24. The molecule has 0 aliphatic carbocycles. The van der Waals surface area contributed by atoms with E-state index in [9.17, 15) is 10.1 Å². The van der Waals surface area contributed by atoms with Crippen molar-refractivity contribution in [2.75, 3.05) is 0 Å². The summed E-state index contributed by atoms with van der Waals surface area (Å²) < 4.78 is 1.48. The average molecular weight is 312 g/mol. The third-order valence-electron chi connectivity index (χ3n) is 2.42. The van der Waals surface area contributed by atoms with Gasteiger partial charge < -0.3 is 10.1 Å². The smallest absolute Gasteiger partial charge is 0.358 e. The number of imidazole rings is 1. The maximum atomic E-state index is 11.2. The molecule has 0 aliphatic rings. The first-order valence-corrected chi connectivity index (χ1v) is 7.26. The van der Waals surface area contributed by atoms with Crippen LogP contribution in [0.15, 0.2) is 45.8 Å². The number of hydrogen-bond donors (Lipinski definition) is 0. The maximum Gasteiger partial charge on any atom is 0.363 e. The lowest BCUT2D eigenvalue weighted by molar-refractivity contribution is -0.393. The number of aromatic nitrogens is 2. The first-order chi connectivity index (χ1) is 9.16. The van der Waals surface area contributed by atoms with E-state index in [2.05, 4.69) is 4.98 Å². The average Bonchev–Trinajstić information content (AvgIpc) is 2.91. The van der Waals surface area contributed by atoms with Crippen molar-refractivity contribution in [3.63, 3.8) is 0 Å². The SMILES string of the molecule is O=[N+]([O-])c1c(Sc2ccccc2Cl)nc2sccn12. The molecule has 96 valence electrons. The van der Waals surface area contributed by atoms with Crippen molar-refractivity contribution in [1.29, 1.82) is 0 Å². The molecule has 0 atom stereocenters. The van der Waals surface area contributed by atoms with Gasteiger partial charge in [-0.15, -0.1) is 0 Å². The van der Waals surface area contributed by atoms with Gasteiger partial charge >= 0.3 is 5.82 Å². The molecule has 0 saturated heterocycles. The van der Waals surface area contributed by atoms with Gasteiger partial charge in [-0.25, -0.2) is 0 Å². The number of halogens is 1. The molecule has 2 heterocycles. The molecule has 19 heavy (non-hydrogen) atoms. The maximum absolute atomic E-state index is 11.2. The van der Waals surface area contributed by atoms with Crippen LogP contribution in [0.4, 0.5) is 5.82 Å². The summed E-state index contributed by atoms with van der Waals surface area (Å²) in [5.74, 6) is -0.0267. The second-order valence-corrected chi connectivity index (χ2v) is 5.90. The molecule has 0 bridgehead atoms. The van der Waals surface area contributed by atoms with Crippen LogP contribution < -0.4 is 0 Å². The van der Waals surface area contributed by atoms with Crippen LogP contribution in [0.25, 0.3) is 4.96 Å². The second kappa shape index (κ2) is 4.84. The number of rotatable bonds is 3. The van der Waals surface area contributed by atoms with Crippen LogP contribution in [-0.4, -0.2) is 14.3 Å². The molecule has 5 nitrogen and oxygen atoms in total. The third kappa shape index (κ3) is 2.20. The number of benzene rings is 1. The molecule has 0 radical (unpaired) electrons. The van der Waals surface area contributed by atoms with Crippen LogP contribution >= 0.6 is 34.7 Å². The summed E-state index contributed by atoms with van der Waals surface area (Å²) >= 11 is 8.61. The number of thiazole rings is 1. The Labute approximate surface area is 121 Å². The molecule has 0 amide bonds. The molecule has 0 N–H and O–H groups in total. The largest absolute Gasteiger partial charge is 0.363 e. The Hall–Kier alpha value is -1.57. The van der Waals surface area contributed by atoms with Gasteiger partial charge in [0.2, 0.25) is 5.03 Å². The Kier molecular flexibility index (Phi) is 3.17. The molecule has 3 rings (SSSR count). The van der Waals surface area contributed by atoms with E-state index in [0.29, 0.717) is 15.0 Å². The summed E-state index contributed by atoms with van der Waals surface area (Å²) in [7, 11) is 0. The second-order valence-electron chi connectivity index (χ2n) is 3.59. The van der Waals surface area contributed by atoms with Crippen molar-refractivity contribution in [3.05, 3.63) is 51.0 Å². The lowest BCUT2D eigenvalue weighted by atomic mass is 10.4. The molecule has 3 aromatic rings. The van der Waals surface area contributed by atoms with E-state index in [1.54, 1.807) is 17.6 Å². The van der Waals surface area contributed by atoms with Gasteiger partial charge in [0.1, 0.15) is 6.20 Å². The number of hydrogen-bond acceptors (Lipinski definition) is 5. The molecule has 0 unspecified atom stereocenters. The van der Waals surface area contributed by atoms with Gasteiger partial charge in [-0.1, -0.05) is 46.8 Å². The minimum absolute atomic E-state index is 0.0267. The highest BCUT2D eigenvalue weighted by atomic mass is 35.5. The molecule has 0 fully saturated rings. The van der Waals surface area contributed by atoms with Crippen molar-refractivity contribution in [2.24, 2.45) is 0 Å². The van der Waals surface area contributed by atoms with E-state index in [4.69, 9.17) is 11.6 Å². The molecular weight excluding hydrogens is 306 g/mol.